The van der Waals surface area contributed by atoms with Crippen LogP contribution in [0.5, 0.6) is 0 Å². The Bertz CT molecular complexity index is 812. The number of likely N-dealkylation sites (N-methyl/N-ethyl adjacent to an activating group) is 1. The van der Waals surface area contributed by atoms with Crippen LogP contribution < -0.4 is 0 Å². The van der Waals surface area contributed by atoms with Crippen LogP contribution in [-0.2, 0) is 11.3 Å². The van der Waals surface area contributed by atoms with Crippen molar-refractivity contribution in [1.82, 2.24) is 19.6 Å². The molecule has 2 heterocycles. The molecule has 0 radical (unpaired) electrons. The lowest BCUT2D eigenvalue weighted by molar-refractivity contribution is -0.127. The van der Waals surface area contributed by atoms with Crippen molar-refractivity contribution in [2.75, 3.05) is 32.7 Å². The average Bonchev–Trinajstić information content (AvgIpc) is 2.94. The number of aryl methyl sites for hydroxylation is 2. The molecule has 0 N–H and O–H groups in total. The van der Waals surface area contributed by atoms with Crippen LogP contribution in [0.15, 0.2) is 30.3 Å². The van der Waals surface area contributed by atoms with E-state index in [-0.39, 0.29) is 5.91 Å². The predicted octanol–water partition coefficient (Wildman–Crippen LogP) is 3.03. The van der Waals surface area contributed by atoms with Crippen LogP contribution in [0.2, 0.25) is 0 Å². The van der Waals surface area contributed by atoms with Gasteiger partial charge in [-0.2, -0.15) is 5.10 Å². The van der Waals surface area contributed by atoms with E-state index in [2.05, 4.69) is 55.0 Å². The highest BCUT2D eigenvalue weighted by Crippen LogP contribution is 2.17. The second-order valence-corrected chi connectivity index (χ2v) is 7.32. The molecule has 1 amide bonds. The lowest BCUT2D eigenvalue weighted by Gasteiger charge is -2.33. The summed E-state index contributed by atoms with van der Waals surface area (Å²) in [4.78, 5) is 16.8. The third-order valence-corrected chi connectivity index (χ3v) is 5.41. The Kier molecular flexibility index (Phi) is 6.11. The number of aromatic nitrogens is 2. The van der Waals surface area contributed by atoms with E-state index >= 15 is 0 Å². The molecule has 1 aromatic carbocycles. The summed E-state index contributed by atoms with van der Waals surface area (Å²) in [6.07, 6.45) is 3.63. The van der Waals surface area contributed by atoms with Gasteiger partial charge in [-0.25, -0.2) is 0 Å². The van der Waals surface area contributed by atoms with E-state index in [1.54, 1.807) is 6.08 Å². The Morgan fingerprint density at radius 3 is 2.37 bits per heavy atom. The molecule has 1 aliphatic heterocycles. The van der Waals surface area contributed by atoms with Crippen LogP contribution in [-0.4, -0.2) is 58.2 Å². The van der Waals surface area contributed by atoms with Gasteiger partial charge in [0.1, 0.15) is 0 Å². The molecule has 0 aliphatic carbocycles. The molecule has 0 atom stereocenters. The van der Waals surface area contributed by atoms with E-state index in [0.717, 1.165) is 56.2 Å². The molecule has 3 rings (SSSR count). The Morgan fingerprint density at radius 2 is 1.74 bits per heavy atom. The highest BCUT2D eigenvalue weighted by Gasteiger charge is 2.18. The molecule has 1 fully saturated rings. The molecule has 5 heteroatoms. The van der Waals surface area contributed by atoms with Crippen LogP contribution in [0, 0.1) is 20.8 Å². The monoisotopic (exact) mass is 366 g/mol. The van der Waals surface area contributed by atoms with E-state index in [1.165, 1.54) is 11.1 Å². The third-order valence-electron chi connectivity index (χ3n) is 5.41. The van der Waals surface area contributed by atoms with E-state index in [4.69, 9.17) is 0 Å². The summed E-state index contributed by atoms with van der Waals surface area (Å²) in [7, 11) is 0. The first-order valence-electron chi connectivity index (χ1n) is 9.77. The minimum Gasteiger partial charge on any atom is -0.337 e. The van der Waals surface area contributed by atoms with Crippen molar-refractivity contribution in [2.24, 2.45) is 0 Å². The molecule has 0 bridgehead atoms. The van der Waals surface area contributed by atoms with Crippen molar-refractivity contribution in [2.45, 2.75) is 34.2 Å². The first-order chi connectivity index (χ1) is 13.0. The van der Waals surface area contributed by atoms with Crippen molar-refractivity contribution in [3.8, 4) is 0 Å². The van der Waals surface area contributed by atoms with Gasteiger partial charge in [-0.3, -0.25) is 9.48 Å². The molecule has 0 saturated carbocycles. The van der Waals surface area contributed by atoms with Crippen LogP contribution in [0.1, 0.15) is 35.0 Å². The second-order valence-electron chi connectivity index (χ2n) is 7.32. The molecule has 1 saturated heterocycles. The Hall–Kier alpha value is -2.40. The fraction of sp³-hybridized carbons (Fsp3) is 0.455. The fourth-order valence-corrected chi connectivity index (χ4v) is 3.52. The molecular weight excluding hydrogens is 336 g/mol. The summed E-state index contributed by atoms with van der Waals surface area (Å²) in [6, 6.07) is 8.53. The maximum Gasteiger partial charge on any atom is 0.246 e. The standard InChI is InChI=1S/C22H30N4O/c1-5-24-12-14-25(15-13-24)22(27)11-10-21-18(3)23-26(19(21)4)16-20-8-6-17(2)7-9-20/h6-11H,5,12-16H2,1-4H3. The Balaban J connectivity index is 1.68. The van der Waals surface area contributed by atoms with Crippen molar-refractivity contribution in [3.63, 3.8) is 0 Å². The van der Waals surface area contributed by atoms with Gasteiger partial charge in [0.05, 0.1) is 12.2 Å². The van der Waals surface area contributed by atoms with Crippen molar-refractivity contribution in [1.29, 1.82) is 0 Å². The highest BCUT2D eigenvalue weighted by molar-refractivity contribution is 5.92. The summed E-state index contributed by atoms with van der Waals surface area (Å²) in [5.41, 5.74) is 5.58. The Labute approximate surface area is 162 Å². The van der Waals surface area contributed by atoms with Gasteiger partial charge in [-0.1, -0.05) is 36.8 Å². The number of hydrogen-bond acceptors (Lipinski definition) is 3. The van der Waals surface area contributed by atoms with Gasteiger partial charge in [-0.05, 0) is 39.0 Å². The summed E-state index contributed by atoms with van der Waals surface area (Å²) in [5.74, 6) is 0.0934. The first kappa shape index (κ1) is 19.4. The normalized spacial score (nSPS) is 15.6. The Morgan fingerprint density at radius 1 is 1.07 bits per heavy atom. The zero-order chi connectivity index (χ0) is 19.4. The van der Waals surface area contributed by atoms with Crippen LogP contribution in [0.4, 0.5) is 0 Å². The first-order valence-corrected chi connectivity index (χ1v) is 9.77. The summed E-state index contributed by atoms with van der Waals surface area (Å²) >= 11 is 0. The topological polar surface area (TPSA) is 41.4 Å². The van der Waals surface area contributed by atoms with Gasteiger partial charge in [0.15, 0.2) is 0 Å². The molecule has 144 valence electrons. The smallest absolute Gasteiger partial charge is 0.246 e. The van der Waals surface area contributed by atoms with Crippen LogP contribution in [0.25, 0.3) is 6.08 Å². The highest BCUT2D eigenvalue weighted by atomic mass is 16.2. The number of carbonyl (C=O) groups is 1. The SMILES string of the molecule is CCN1CCN(C(=O)C=Cc2c(C)nn(Cc3ccc(C)cc3)c2C)CC1. The van der Waals surface area contributed by atoms with Crippen LogP contribution in [0.3, 0.4) is 0 Å². The van der Waals surface area contributed by atoms with E-state index in [9.17, 15) is 4.79 Å². The number of rotatable bonds is 5. The number of nitrogens with zero attached hydrogens (tertiary/aromatic N) is 4. The molecule has 1 aromatic heterocycles. The number of benzene rings is 1. The lowest BCUT2D eigenvalue weighted by atomic mass is 10.1. The number of amides is 1. The van der Waals surface area contributed by atoms with Crippen molar-refractivity contribution < 1.29 is 4.79 Å². The zero-order valence-electron chi connectivity index (χ0n) is 16.9. The minimum atomic E-state index is 0.0934. The van der Waals surface area contributed by atoms with E-state index < -0.39 is 0 Å². The van der Waals surface area contributed by atoms with Crippen molar-refractivity contribution in [3.05, 3.63) is 58.4 Å². The quantitative estimate of drug-likeness (QED) is 0.764. The van der Waals surface area contributed by atoms with Gasteiger partial charge in [0.25, 0.3) is 0 Å². The van der Waals surface area contributed by atoms with E-state index in [1.807, 2.05) is 22.6 Å². The van der Waals surface area contributed by atoms with Gasteiger partial charge < -0.3 is 9.80 Å². The summed E-state index contributed by atoms with van der Waals surface area (Å²) < 4.78 is 2.02. The molecular formula is C22H30N4O. The van der Waals surface area contributed by atoms with Gasteiger partial charge in [0.2, 0.25) is 5.91 Å². The van der Waals surface area contributed by atoms with E-state index in [0.29, 0.717) is 0 Å². The molecule has 27 heavy (non-hydrogen) atoms. The van der Waals surface area contributed by atoms with Gasteiger partial charge >= 0.3 is 0 Å². The third kappa shape index (κ3) is 4.66. The average molecular weight is 367 g/mol. The van der Waals surface area contributed by atoms with Crippen LogP contribution >= 0.6 is 0 Å². The van der Waals surface area contributed by atoms with Gasteiger partial charge in [-0.15, -0.1) is 0 Å². The number of carbonyl (C=O) groups excluding carboxylic acids is 1. The molecule has 0 spiro atoms. The summed E-state index contributed by atoms with van der Waals surface area (Å²) in [5, 5.41) is 4.67. The largest absolute Gasteiger partial charge is 0.337 e. The molecule has 1 aliphatic rings. The molecule has 2 aromatic rings. The second kappa shape index (κ2) is 8.53. The molecule has 0 unspecified atom stereocenters. The van der Waals surface area contributed by atoms with Gasteiger partial charge in [0, 0.05) is 43.5 Å². The summed E-state index contributed by atoms with van der Waals surface area (Å²) in [6.45, 7) is 13.7. The maximum absolute atomic E-state index is 12.5. The number of hydrogen-bond donors (Lipinski definition) is 0. The number of piperazine rings is 1. The lowest BCUT2D eigenvalue weighted by Crippen LogP contribution is -2.48. The zero-order valence-corrected chi connectivity index (χ0v) is 16.9. The predicted molar refractivity (Wildman–Crippen MR) is 110 cm³/mol. The maximum atomic E-state index is 12.5. The van der Waals surface area contributed by atoms with Crippen molar-refractivity contribution >= 4 is 12.0 Å². The molecule has 5 nitrogen and oxygen atoms in total. The minimum absolute atomic E-state index is 0.0934. The fourth-order valence-electron chi connectivity index (χ4n) is 3.52.